The van der Waals surface area contributed by atoms with E-state index >= 15 is 0 Å². The molecule has 2 amide bonds. The molecule has 0 spiro atoms. The second-order valence-corrected chi connectivity index (χ2v) is 4.49. The zero-order valence-electron chi connectivity index (χ0n) is 11.5. The van der Waals surface area contributed by atoms with Crippen LogP contribution in [0.1, 0.15) is 12.5 Å². The number of amides is 2. The zero-order chi connectivity index (χ0) is 14.4. The van der Waals surface area contributed by atoms with Crippen LogP contribution in [0.5, 0.6) is 0 Å². The molecule has 0 saturated carbocycles. The fourth-order valence-corrected chi connectivity index (χ4v) is 2.05. The molecule has 1 heterocycles. The first kappa shape index (κ1) is 14.3. The van der Waals surface area contributed by atoms with Crippen molar-refractivity contribution in [3.8, 4) is 0 Å². The van der Waals surface area contributed by atoms with E-state index in [2.05, 4.69) is 5.43 Å². The van der Waals surface area contributed by atoms with Crippen molar-refractivity contribution in [2.75, 3.05) is 26.2 Å². The standard InChI is InChI=1S/C14H19N3O3/c1-2-20-13(18)11-16-9-8-15-17(14(16)19)10-12-6-4-3-5-7-12/h3-7,15H,2,8-11H2,1H3. The first-order valence-electron chi connectivity index (χ1n) is 6.70. The molecular weight excluding hydrogens is 258 g/mol. The number of hydrogen-bond acceptors (Lipinski definition) is 4. The largest absolute Gasteiger partial charge is 0.465 e. The van der Waals surface area contributed by atoms with E-state index in [0.717, 1.165) is 5.56 Å². The summed E-state index contributed by atoms with van der Waals surface area (Å²) in [7, 11) is 0. The van der Waals surface area contributed by atoms with E-state index in [4.69, 9.17) is 4.74 Å². The van der Waals surface area contributed by atoms with Gasteiger partial charge < -0.3 is 9.64 Å². The van der Waals surface area contributed by atoms with Gasteiger partial charge in [-0.05, 0) is 12.5 Å². The molecule has 1 aromatic rings. The quantitative estimate of drug-likeness (QED) is 0.815. The average molecular weight is 277 g/mol. The van der Waals surface area contributed by atoms with Gasteiger partial charge in [-0.15, -0.1) is 0 Å². The summed E-state index contributed by atoms with van der Waals surface area (Å²) >= 11 is 0. The average Bonchev–Trinajstić information content (AvgIpc) is 2.45. The van der Waals surface area contributed by atoms with Crippen LogP contribution in [-0.2, 0) is 16.1 Å². The van der Waals surface area contributed by atoms with Crippen LogP contribution in [0.2, 0.25) is 0 Å². The lowest BCUT2D eigenvalue weighted by Gasteiger charge is -2.35. The Morgan fingerprint density at radius 2 is 2.10 bits per heavy atom. The molecule has 1 aliphatic heterocycles. The number of nitrogens with zero attached hydrogens (tertiary/aromatic N) is 2. The van der Waals surface area contributed by atoms with Gasteiger partial charge in [0.1, 0.15) is 6.54 Å². The van der Waals surface area contributed by atoms with Crippen molar-refractivity contribution in [3.05, 3.63) is 35.9 Å². The lowest BCUT2D eigenvalue weighted by molar-refractivity contribution is -0.144. The number of benzene rings is 1. The van der Waals surface area contributed by atoms with Crippen molar-refractivity contribution in [1.29, 1.82) is 0 Å². The maximum absolute atomic E-state index is 12.3. The number of carbonyl (C=O) groups excluding carboxylic acids is 2. The van der Waals surface area contributed by atoms with Crippen molar-refractivity contribution < 1.29 is 14.3 Å². The molecule has 0 unspecified atom stereocenters. The maximum Gasteiger partial charge on any atom is 0.335 e. The first-order chi connectivity index (χ1) is 9.70. The molecule has 1 N–H and O–H groups in total. The van der Waals surface area contributed by atoms with Gasteiger partial charge in [0.2, 0.25) is 0 Å². The van der Waals surface area contributed by atoms with E-state index in [1.807, 2.05) is 30.3 Å². The smallest absolute Gasteiger partial charge is 0.335 e. The van der Waals surface area contributed by atoms with Crippen LogP contribution < -0.4 is 5.43 Å². The van der Waals surface area contributed by atoms with Crippen LogP contribution in [0.25, 0.3) is 0 Å². The van der Waals surface area contributed by atoms with Crippen molar-refractivity contribution in [3.63, 3.8) is 0 Å². The van der Waals surface area contributed by atoms with Crippen molar-refractivity contribution >= 4 is 12.0 Å². The first-order valence-corrected chi connectivity index (χ1v) is 6.70. The Bertz CT molecular complexity index is 464. The molecule has 1 aliphatic rings. The lowest BCUT2D eigenvalue weighted by Crippen LogP contribution is -2.58. The molecule has 20 heavy (non-hydrogen) atoms. The summed E-state index contributed by atoms with van der Waals surface area (Å²) in [5.41, 5.74) is 4.08. The predicted molar refractivity (Wildman–Crippen MR) is 73.6 cm³/mol. The normalized spacial score (nSPS) is 15.3. The lowest BCUT2D eigenvalue weighted by atomic mass is 10.2. The number of nitrogens with one attached hydrogen (secondary N) is 1. The zero-order valence-corrected chi connectivity index (χ0v) is 11.5. The highest BCUT2D eigenvalue weighted by atomic mass is 16.5. The molecule has 0 aliphatic carbocycles. The van der Waals surface area contributed by atoms with Gasteiger partial charge in [-0.1, -0.05) is 30.3 Å². The summed E-state index contributed by atoms with van der Waals surface area (Å²) in [6.45, 7) is 3.67. The molecule has 0 radical (unpaired) electrons. The van der Waals surface area contributed by atoms with E-state index in [1.165, 1.54) is 9.91 Å². The second kappa shape index (κ2) is 6.91. The van der Waals surface area contributed by atoms with Gasteiger partial charge in [0.25, 0.3) is 0 Å². The van der Waals surface area contributed by atoms with E-state index < -0.39 is 0 Å². The molecule has 108 valence electrons. The van der Waals surface area contributed by atoms with Gasteiger partial charge in [-0.2, -0.15) is 0 Å². The van der Waals surface area contributed by atoms with E-state index in [0.29, 0.717) is 26.2 Å². The third kappa shape index (κ3) is 3.71. The molecule has 1 saturated heterocycles. The van der Waals surface area contributed by atoms with Crippen LogP contribution in [0.15, 0.2) is 30.3 Å². The molecule has 0 aromatic heterocycles. The van der Waals surface area contributed by atoms with Gasteiger partial charge in [0.05, 0.1) is 13.2 Å². The van der Waals surface area contributed by atoms with Crippen molar-refractivity contribution in [2.24, 2.45) is 0 Å². The molecule has 1 aromatic carbocycles. The minimum Gasteiger partial charge on any atom is -0.465 e. The molecule has 0 bridgehead atoms. The van der Waals surface area contributed by atoms with Gasteiger partial charge >= 0.3 is 12.0 Å². The predicted octanol–water partition coefficient (Wildman–Crippen LogP) is 0.992. The van der Waals surface area contributed by atoms with Gasteiger partial charge in [0.15, 0.2) is 0 Å². The number of hydrazine groups is 1. The highest BCUT2D eigenvalue weighted by molar-refractivity contribution is 5.81. The Morgan fingerprint density at radius 1 is 1.35 bits per heavy atom. The third-order valence-corrected chi connectivity index (χ3v) is 2.99. The molecule has 6 nitrogen and oxygen atoms in total. The molecular formula is C14H19N3O3. The topological polar surface area (TPSA) is 61.9 Å². The minimum absolute atomic E-state index is 0.000354. The molecule has 1 fully saturated rings. The fraction of sp³-hybridized carbons (Fsp3) is 0.429. The maximum atomic E-state index is 12.3. The number of esters is 1. The van der Waals surface area contributed by atoms with Crippen LogP contribution >= 0.6 is 0 Å². The van der Waals surface area contributed by atoms with Crippen molar-refractivity contribution in [1.82, 2.24) is 15.3 Å². The molecule has 6 heteroatoms. The van der Waals surface area contributed by atoms with Crippen molar-refractivity contribution in [2.45, 2.75) is 13.5 Å². The van der Waals surface area contributed by atoms with Gasteiger partial charge in [-0.3, -0.25) is 9.80 Å². The van der Waals surface area contributed by atoms with E-state index in [9.17, 15) is 9.59 Å². The monoisotopic (exact) mass is 277 g/mol. The minimum atomic E-state index is -0.373. The highest BCUT2D eigenvalue weighted by Crippen LogP contribution is 2.08. The number of ether oxygens (including phenoxy) is 1. The SMILES string of the molecule is CCOC(=O)CN1CCNN(Cc2ccccc2)C1=O. The van der Waals surface area contributed by atoms with E-state index in [1.54, 1.807) is 6.92 Å². The number of hydrogen-bond donors (Lipinski definition) is 1. The molecule has 0 atom stereocenters. The Kier molecular flexibility index (Phi) is 4.95. The summed E-state index contributed by atoms with van der Waals surface area (Å²) in [6, 6.07) is 9.51. The van der Waals surface area contributed by atoms with Crippen LogP contribution in [0.3, 0.4) is 0 Å². The summed E-state index contributed by atoms with van der Waals surface area (Å²) in [5.74, 6) is -0.373. The molecule has 2 rings (SSSR count). The number of rotatable bonds is 5. The number of carbonyl (C=O) groups is 2. The fourth-order valence-electron chi connectivity index (χ4n) is 2.05. The Morgan fingerprint density at radius 3 is 2.80 bits per heavy atom. The number of urea groups is 1. The third-order valence-electron chi connectivity index (χ3n) is 2.99. The van der Waals surface area contributed by atoms with Crippen LogP contribution in [-0.4, -0.2) is 48.2 Å². The second-order valence-electron chi connectivity index (χ2n) is 4.49. The highest BCUT2D eigenvalue weighted by Gasteiger charge is 2.27. The summed E-state index contributed by atoms with van der Waals surface area (Å²) in [6.07, 6.45) is 0. The van der Waals surface area contributed by atoms with Gasteiger partial charge in [-0.25, -0.2) is 10.2 Å². The van der Waals surface area contributed by atoms with Crippen LogP contribution in [0.4, 0.5) is 4.79 Å². The Hall–Kier alpha value is -2.08. The Labute approximate surface area is 118 Å². The summed E-state index contributed by atoms with van der Waals surface area (Å²) in [4.78, 5) is 25.2. The van der Waals surface area contributed by atoms with E-state index in [-0.39, 0.29) is 18.5 Å². The van der Waals surface area contributed by atoms with Crippen LogP contribution in [0, 0.1) is 0 Å². The van der Waals surface area contributed by atoms with Gasteiger partial charge in [0, 0.05) is 13.1 Å². The Balaban J connectivity index is 1.94. The summed E-state index contributed by atoms with van der Waals surface area (Å²) in [5, 5.41) is 1.53. The summed E-state index contributed by atoms with van der Waals surface area (Å²) < 4.78 is 4.87.